The van der Waals surface area contributed by atoms with E-state index >= 15 is 0 Å². The Balaban J connectivity index is 1.58. The van der Waals surface area contributed by atoms with E-state index in [1.165, 1.54) is 20.5 Å². The number of amides is 1. The Morgan fingerprint density at radius 3 is 2.75 bits per heavy atom. The minimum Gasteiger partial charge on any atom is -0.355 e. The molecule has 1 amide bonds. The number of aromatic nitrogens is 2. The van der Waals surface area contributed by atoms with Gasteiger partial charge in [0.25, 0.3) is 5.91 Å². The molecular formula is C23H17N3OS. The molecule has 0 spiro atoms. The van der Waals surface area contributed by atoms with Crippen LogP contribution in [-0.2, 0) is 0 Å². The molecule has 0 fully saturated rings. The van der Waals surface area contributed by atoms with Crippen LogP contribution in [0.25, 0.3) is 37.2 Å². The minimum absolute atomic E-state index is 0.108. The molecule has 0 aliphatic rings. The van der Waals surface area contributed by atoms with Gasteiger partial charge in [-0.2, -0.15) is 0 Å². The molecule has 0 atom stereocenters. The molecule has 0 saturated heterocycles. The summed E-state index contributed by atoms with van der Waals surface area (Å²) in [5.74, 6) is -0.108. The number of hydrogen-bond acceptors (Lipinski definition) is 3. The van der Waals surface area contributed by atoms with Crippen molar-refractivity contribution in [1.29, 1.82) is 0 Å². The van der Waals surface area contributed by atoms with Crippen LogP contribution < -0.4 is 5.32 Å². The highest BCUT2D eigenvalue weighted by molar-refractivity contribution is 7.22. The molecule has 28 heavy (non-hydrogen) atoms. The van der Waals surface area contributed by atoms with E-state index in [4.69, 9.17) is 0 Å². The number of thiophene rings is 1. The highest BCUT2D eigenvalue weighted by atomic mass is 32.1. The van der Waals surface area contributed by atoms with Crippen LogP contribution >= 0.6 is 11.3 Å². The van der Waals surface area contributed by atoms with E-state index < -0.39 is 0 Å². The lowest BCUT2D eigenvalue weighted by atomic mass is 10.1. The van der Waals surface area contributed by atoms with Gasteiger partial charge in [0.2, 0.25) is 0 Å². The Morgan fingerprint density at radius 1 is 1.00 bits per heavy atom. The standard InChI is InChI=1S/C23H17N3OS/c1-24-23(27)17-9-10-20-19(12-17)25-14-26(20)18-7-4-6-15(11-18)22-13-16-5-2-3-8-21(16)28-22/h2-14H,1H3,(H,24,27). The van der Waals surface area contributed by atoms with Crippen LogP contribution in [0.4, 0.5) is 0 Å². The molecule has 1 N–H and O–H groups in total. The largest absolute Gasteiger partial charge is 0.355 e. The van der Waals surface area contributed by atoms with Crippen LogP contribution in [0.5, 0.6) is 0 Å². The van der Waals surface area contributed by atoms with E-state index in [0.29, 0.717) is 5.56 Å². The molecule has 5 aromatic rings. The Labute approximate surface area is 166 Å². The van der Waals surface area contributed by atoms with Gasteiger partial charge in [0.05, 0.1) is 11.0 Å². The average molecular weight is 383 g/mol. The third kappa shape index (κ3) is 2.77. The van der Waals surface area contributed by atoms with Gasteiger partial charge in [-0.1, -0.05) is 30.3 Å². The zero-order valence-corrected chi connectivity index (χ0v) is 16.0. The van der Waals surface area contributed by atoms with E-state index in [-0.39, 0.29) is 5.91 Å². The van der Waals surface area contributed by atoms with Gasteiger partial charge >= 0.3 is 0 Å². The molecule has 0 radical (unpaired) electrons. The first kappa shape index (κ1) is 16.7. The molecule has 0 unspecified atom stereocenters. The molecule has 2 aromatic heterocycles. The van der Waals surface area contributed by atoms with Crippen LogP contribution in [0, 0.1) is 0 Å². The predicted octanol–water partition coefficient (Wildman–Crippen LogP) is 5.27. The maximum atomic E-state index is 11.9. The number of nitrogens with one attached hydrogen (secondary N) is 1. The van der Waals surface area contributed by atoms with Gasteiger partial charge in [-0.25, -0.2) is 4.98 Å². The lowest BCUT2D eigenvalue weighted by molar-refractivity contribution is 0.0963. The smallest absolute Gasteiger partial charge is 0.251 e. The zero-order chi connectivity index (χ0) is 19.1. The van der Waals surface area contributed by atoms with Crippen molar-refractivity contribution in [2.75, 3.05) is 7.05 Å². The second kappa shape index (κ2) is 6.62. The van der Waals surface area contributed by atoms with Gasteiger partial charge in [0.15, 0.2) is 0 Å². The van der Waals surface area contributed by atoms with Crippen LogP contribution in [-0.4, -0.2) is 22.5 Å². The van der Waals surface area contributed by atoms with Crippen LogP contribution in [0.3, 0.4) is 0 Å². The molecule has 5 heteroatoms. The van der Waals surface area contributed by atoms with Crippen molar-refractivity contribution in [2.45, 2.75) is 0 Å². The van der Waals surface area contributed by atoms with Crippen molar-refractivity contribution in [3.8, 4) is 16.1 Å². The number of carbonyl (C=O) groups is 1. The maximum absolute atomic E-state index is 11.9. The first-order chi connectivity index (χ1) is 13.7. The number of hydrogen-bond donors (Lipinski definition) is 1. The molecule has 0 saturated carbocycles. The minimum atomic E-state index is -0.108. The fourth-order valence-corrected chi connectivity index (χ4v) is 4.50. The maximum Gasteiger partial charge on any atom is 0.251 e. The number of carbonyl (C=O) groups excluding carboxylic acids is 1. The van der Waals surface area contributed by atoms with Crippen molar-refractivity contribution < 1.29 is 4.79 Å². The summed E-state index contributed by atoms with van der Waals surface area (Å²) >= 11 is 1.80. The third-order valence-corrected chi connectivity index (χ3v) is 6.04. The van der Waals surface area contributed by atoms with E-state index in [1.54, 1.807) is 18.4 Å². The van der Waals surface area contributed by atoms with E-state index in [1.807, 2.05) is 24.5 Å². The fourth-order valence-electron chi connectivity index (χ4n) is 3.44. The van der Waals surface area contributed by atoms with Crippen LogP contribution in [0.2, 0.25) is 0 Å². The Kier molecular flexibility index (Phi) is 3.95. The number of rotatable bonds is 3. The number of imidazole rings is 1. The number of nitrogens with zero attached hydrogens (tertiary/aromatic N) is 2. The molecular weight excluding hydrogens is 366 g/mol. The Bertz CT molecular complexity index is 1300. The van der Waals surface area contributed by atoms with Gasteiger partial charge in [0, 0.05) is 27.9 Å². The van der Waals surface area contributed by atoms with Crippen LogP contribution in [0.15, 0.2) is 79.1 Å². The second-order valence-electron chi connectivity index (χ2n) is 6.60. The summed E-state index contributed by atoms with van der Waals surface area (Å²) < 4.78 is 3.34. The summed E-state index contributed by atoms with van der Waals surface area (Å²) in [6, 6.07) is 24.7. The highest BCUT2D eigenvalue weighted by Gasteiger charge is 2.10. The van der Waals surface area contributed by atoms with Gasteiger partial charge in [0.1, 0.15) is 6.33 Å². The molecule has 5 rings (SSSR count). The number of fused-ring (bicyclic) bond motifs is 2. The summed E-state index contributed by atoms with van der Waals surface area (Å²) in [4.78, 5) is 17.6. The van der Waals surface area contributed by atoms with Crippen molar-refractivity contribution >= 4 is 38.4 Å². The molecule has 0 bridgehead atoms. The predicted molar refractivity (Wildman–Crippen MR) is 115 cm³/mol. The molecule has 3 aromatic carbocycles. The van der Waals surface area contributed by atoms with Gasteiger partial charge in [-0.3, -0.25) is 9.36 Å². The molecule has 0 aliphatic heterocycles. The lowest BCUT2D eigenvalue weighted by Crippen LogP contribution is -2.17. The third-order valence-electron chi connectivity index (χ3n) is 4.87. The van der Waals surface area contributed by atoms with Gasteiger partial charge < -0.3 is 5.32 Å². The summed E-state index contributed by atoms with van der Waals surface area (Å²) in [6.45, 7) is 0. The van der Waals surface area contributed by atoms with Crippen molar-refractivity contribution in [2.24, 2.45) is 0 Å². The average Bonchev–Trinajstić information content (AvgIpc) is 3.37. The topological polar surface area (TPSA) is 46.9 Å². The Morgan fingerprint density at radius 2 is 1.89 bits per heavy atom. The van der Waals surface area contributed by atoms with Crippen molar-refractivity contribution in [3.05, 3.63) is 84.7 Å². The highest BCUT2D eigenvalue weighted by Crippen LogP contribution is 2.34. The van der Waals surface area contributed by atoms with E-state index in [9.17, 15) is 4.79 Å². The Hall–Kier alpha value is -3.44. The SMILES string of the molecule is CNC(=O)c1ccc2c(c1)ncn2-c1cccc(-c2cc3ccccc3s2)c1. The van der Waals surface area contributed by atoms with Crippen molar-refractivity contribution in [1.82, 2.24) is 14.9 Å². The molecule has 136 valence electrons. The van der Waals surface area contributed by atoms with Crippen molar-refractivity contribution in [3.63, 3.8) is 0 Å². The molecule has 4 nitrogen and oxygen atoms in total. The summed E-state index contributed by atoms with van der Waals surface area (Å²) in [6.07, 6.45) is 1.81. The lowest BCUT2D eigenvalue weighted by Gasteiger charge is -2.07. The summed E-state index contributed by atoms with van der Waals surface area (Å²) in [5.41, 5.74) is 4.61. The first-order valence-corrected chi connectivity index (χ1v) is 9.83. The normalized spacial score (nSPS) is 11.2. The van der Waals surface area contributed by atoms with Gasteiger partial charge in [-0.05, 0) is 53.4 Å². The van der Waals surface area contributed by atoms with E-state index in [0.717, 1.165) is 16.7 Å². The monoisotopic (exact) mass is 383 g/mol. The van der Waals surface area contributed by atoms with Gasteiger partial charge in [-0.15, -0.1) is 11.3 Å². The zero-order valence-electron chi connectivity index (χ0n) is 15.2. The molecule has 0 aliphatic carbocycles. The first-order valence-electron chi connectivity index (χ1n) is 9.01. The summed E-state index contributed by atoms with van der Waals surface area (Å²) in [5, 5.41) is 3.92. The quantitative estimate of drug-likeness (QED) is 0.461. The fraction of sp³-hybridized carbons (Fsp3) is 0.0435. The molecule has 2 heterocycles. The second-order valence-corrected chi connectivity index (χ2v) is 7.68. The number of benzene rings is 3. The van der Waals surface area contributed by atoms with Crippen LogP contribution in [0.1, 0.15) is 10.4 Å². The van der Waals surface area contributed by atoms with E-state index in [2.05, 4.69) is 69.5 Å². The summed E-state index contributed by atoms with van der Waals surface area (Å²) in [7, 11) is 1.63.